The summed E-state index contributed by atoms with van der Waals surface area (Å²) < 4.78 is 5.95. The Labute approximate surface area is 88.0 Å². The van der Waals surface area contributed by atoms with Gasteiger partial charge in [-0.25, -0.2) is 4.99 Å². The summed E-state index contributed by atoms with van der Waals surface area (Å²) in [4.78, 5) is 4.13. The summed E-state index contributed by atoms with van der Waals surface area (Å²) in [6.07, 6.45) is 4.65. The molecule has 3 rings (SSSR count). The standard InChI is InChI=1S/C9H15N5O/c10-7(11)8-12-5-14(13-8)6-1-2-9(15-6)3-4-9/h6H,1-5H2,(H3,10,11)(H,12,13). The molecule has 82 valence electrons. The highest BCUT2D eigenvalue weighted by molar-refractivity contribution is 6.38. The number of aliphatic imine (C=N–C) groups is 1. The van der Waals surface area contributed by atoms with Crippen LogP contribution in [0.25, 0.3) is 0 Å². The zero-order chi connectivity index (χ0) is 10.5. The van der Waals surface area contributed by atoms with Crippen molar-refractivity contribution < 1.29 is 4.74 Å². The van der Waals surface area contributed by atoms with Gasteiger partial charge >= 0.3 is 0 Å². The molecule has 1 atom stereocenters. The summed E-state index contributed by atoms with van der Waals surface area (Å²) in [7, 11) is 0. The molecule has 0 radical (unpaired) electrons. The Morgan fingerprint density at radius 1 is 1.60 bits per heavy atom. The van der Waals surface area contributed by atoms with Crippen molar-refractivity contribution in [3.63, 3.8) is 0 Å². The first-order valence-corrected chi connectivity index (χ1v) is 5.29. The molecular weight excluding hydrogens is 194 g/mol. The number of nitrogens with zero attached hydrogens (tertiary/aromatic N) is 2. The maximum atomic E-state index is 7.26. The van der Waals surface area contributed by atoms with Crippen LogP contribution in [0.1, 0.15) is 25.7 Å². The largest absolute Gasteiger partial charge is 0.381 e. The Kier molecular flexibility index (Phi) is 1.78. The highest BCUT2D eigenvalue weighted by Crippen LogP contribution is 2.49. The normalized spacial score (nSPS) is 32.8. The highest BCUT2D eigenvalue weighted by atomic mass is 16.5. The highest BCUT2D eigenvalue weighted by Gasteiger charge is 2.51. The Bertz CT molecular complexity index is 335. The minimum atomic E-state index is -0.0170. The lowest BCUT2D eigenvalue weighted by atomic mass is 10.2. The molecule has 2 heterocycles. The summed E-state index contributed by atoms with van der Waals surface area (Å²) in [5.41, 5.74) is 8.54. The minimum Gasteiger partial charge on any atom is -0.381 e. The average Bonchev–Trinajstić information content (AvgIpc) is 2.67. The topological polar surface area (TPSA) is 86.7 Å². The Morgan fingerprint density at radius 3 is 2.93 bits per heavy atom. The lowest BCUT2D eigenvalue weighted by Gasteiger charge is -2.23. The average molecular weight is 209 g/mol. The first-order chi connectivity index (χ1) is 7.19. The van der Waals surface area contributed by atoms with Crippen LogP contribution in [0.15, 0.2) is 4.99 Å². The van der Waals surface area contributed by atoms with Crippen molar-refractivity contribution in [2.24, 2.45) is 10.7 Å². The number of hydrogen-bond acceptors (Lipinski definition) is 5. The van der Waals surface area contributed by atoms with E-state index in [1.807, 2.05) is 5.01 Å². The zero-order valence-electron chi connectivity index (χ0n) is 8.49. The third kappa shape index (κ3) is 1.49. The number of ether oxygens (including phenoxy) is 1. The molecule has 15 heavy (non-hydrogen) atoms. The van der Waals surface area contributed by atoms with Crippen LogP contribution < -0.4 is 11.2 Å². The lowest BCUT2D eigenvalue weighted by Crippen LogP contribution is -2.47. The molecule has 0 bridgehead atoms. The van der Waals surface area contributed by atoms with Gasteiger partial charge in [-0.15, -0.1) is 0 Å². The Balaban J connectivity index is 1.60. The van der Waals surface area contributed by atoms with Crippen molar-refractivity contribution >= 4 is 11.7 Å². The smallest absolute Gasteiger partial charge is 0.179 e. The van der Waals surface area contributed by atoms with E-state index < -0.39 is 0 Å². The monoisotopic (exact) mass is 209 g/mol. The molecule has 6 heteroatoms. The second-order valence-electron chi connectivity index (χ2n) is 4.44. The van der Waals surface area contributed by atoms with E-state index in [2.05, 4.69) is 10.4 Å². The van der Waals surface area contributed by atoms with Crippen molar-refractivity contribution in [1.29, 1.82) is 5.41 Å². The van der Waals surface area contributed by atoms with Crippen molar-refractivity contribution in [3.8, 4) is 0 Å². The van der Waals surface area contributed by atoms with Gasteiger partial charge < -0.3 is 10.5 Å². The minimum absolute atomic E-state index is 0.0170. The predicted molar refractivity (Wildman–Crippen MR) is 55.3 cm³/mol. The quantitative estimate of drug-likeness (QED) is 0.433. The lowest BCUT2D eigenvalue weighted by molar-refractivity contribution is -0.0716. The molecule has 0 aromatic carbocycles. The maximum Gasteiger partial charge on any atom is 0.179 e. The van der Waals surface area contributed by atoms with Crippen LogP contribution in [0.2, 0.25) is 0 Å². The molecule has 2 aliphatic heterocycles. The van der Waals surface area contributed by atoms with Crippen molar-refractivity contribution in [2.45, 2.75) is 37.5 Å². The first kappa shape index (κ1) is 9.11. The van der Waals surface area contributed by atoms with E-state index in [0.717, 1.165) is 12.8 Å². The molecular formula is C9H15N5O. The Hall–Kier alpha value is -1.14. The maximum absolute atomic E-state index is 7.26. The van der Waals surface area contributed by atoms with Crippen LogP contribution in [0.5, 0.6) is 0 Å². The molecule has 1 saturated carbocycles. The van der Waals surface area contributed by atoms with Crippen LogP contribution in [-0.2, 0) is 4.74 Å². The number of hydrogen-bond donors (Lipinski definition) is 3. The predicted octanol–water partition coefficient (Wildman–Crippen LogP) is -0.232. The SMILES string of the molecule is N=C(N)C1=NCN(C2CCC3(CC3)O2)N1. The second-order valence-corrected chi connectivity index (χ2v) is 4.44. The second kappa shape index (κ2) is 2.93. The molecule has 0 aromatic rings. The Morgan fingerprint density at radius 2 is 2.40 bits per heavy atom. The molecule has 4 N–H and O–H groups in total. The number of nitrogens with one attached hydrogen (secondary N) is 2. The van der Waals surface area contributed by atoms with Crippen molar-refractivity contribution in [3.05, 3.63) is 0 Å². The van der Waals surface area contributed by atoms with E-state index in [1.54, 1.807) is 0 Å². The van der Waals surface area contributed by atoms with E-state index in [0.29, 0.717) is 12.5 Å². The van der Waals surface area contributed by atoms with E-state index in [-0.39, 0.29) is 17.7 Å². The van der Waals surface area contributed by atoms with Crippen LogP contribution in [0.3, 0.4) is 0 Å². The number of hydrazine groups is 1. The molecule has 0 aromatic heterocycles. The van der Waals surface area contributed by atoms with Crippen LogP contribution in [-0.4, -0.2) is 35.2 Å². The number of rotatable bonds is 2. The summed E-state index contributed by atoms with van der Waals surface area (Å²) in [5.74, 6) is 0.437. The molecule has 0 amide bonds. The summed E-state index contributed by atoms with van der Waals surface area (Å²) in [5, 5.41) is 9.18. The van der Waals surface area contributed by atoms with Gasteiger partial charge in [-0.1, -0.05) is 0 Å². The number of nitrogens with two attached hydrogens (primary N) is 1. The van der Waals surface area contributed by atoms with Gasteiger partial charge in [0.2, 0.25) is 0 Å². The third-order valence-corrected chi connectivity index (χ3v) is 3.27. The molecule has 1 saturated heterocycles. The van der Waals surface area contributed by atoms with Gasteiger partial charge in [0.05, 0.1) is 5.60 Å². The van der Waals surface area contributed by atoms with Gasteiger partial charge in [-0.3, -0.25) is 10.8 Å². The third-order valence-electron chi connectivity index (χ3n) is 3.27. The molecule has 2 fully saturated rings. The van der Waals surface area contributed by atoms with E-state index in [1.165, 1.54) is 12.8 Å². The first-order valence-electron chi connectivity index (χ1n) is 5.29. The molecule has 6 nitrogen and oxygen atoms in total. The van der Waals surface area contributed by atoms with E-state index >= 15 is 0 Å². The van der Waals surface area contributed by atoms with Gasteiger partial charge in [-0.2, -0.15) is 5.01 Å². The summed E-state index contributed by atoms with van der Waals surface area (Å²) in [6, 6.07) is 0. The zero-order valence-corrected chi connectivity index (χ0v) is 8.49. The number of amidine groups is 2. The van der Waals surface area contributed by atoms with E-state index in [4.69, 9.17) is 15.9 Å². The van der Waals surface area contributed by atoms with Gasteiger partial charge in [0, 0.05) is 0 Å². The summed E-state index contributed by atoms with van der Waals surface area (Å²) >= 11 is 0. The van der Waals surface area contributed by atoms with Crippen LogP contribution >= 0.6 is 0 Å². The fourth-order valence-corrected chi connectivity index (χ4v) is 2.18. The van der Waals surface area contributed by atoms with Crippen molar-refractivity contribution in [2.75, 3.05) is 6.67 Å². The van der Waals surface area contributed by atoms with Crippen molar-refractivity contribution in [1.82, 2.24) is 10.4 Å². The van der Waals surface area contributed by atoms with Gasteiger partial charge in [-0.05, 0) is 25.7 Å². The molecule has 1 aliphatic carbocycles. The molecule has 1 unspecified atom stereocenters. The molecule has 3 aliphatic rings. The van der Waals surface area contributed by atoms with Gasteiger partial charge in [0.1, 0.15) is 12.9 Å². The van der Waals surface area contributed by atoms with Gasteiger partial charge in [0.15, 0.2) is 11.7 Å². The summed E-state index contributed by atoms with van der Waals surface area (Å²) in [6.45, 7) is 0.523. The van der Waals surface area contributed by atoms with Crippen LogP contribution in [0.4, 0.5) is 0 Å². The van der Waals surface area contributed by atoms with E-state index in [9.17, 15) is 0 Å². The van der Waals surface area contributed by atoms with Gasteiger partial charge in [0.25, 0.3) is 0 Å². The molecule has 1 spiro atoms. The fraction of sp³-hybridized carbons (Fsp3) is 0.778. The fourth-order valence-electron chi connectivity index (χ4n) is 2.18. The van der Waals surface area contributed by atoms with Crippen LogP contribution in [0, 0.1) is 5.41 Å².